The van der Waals surface area contributed by atoms with E-state index in [0.717, 1.165) is 24.2 Å². The molecule has 0 atom stereocenters. The van der Waals surface area contributed by atoms with Gasteiger partial charge in [0, 0.05) is 16.8 Å². The molecule has 0 aromatic heterocycles. The van der Waals surface area contributed by atoms with E-state index in [4.69, 9.17) is 10.5 Å². The van der Waals surface area contributed by atoms with Gasteiger partial charge in [0.05, 0.1) is 12.5 Å². The highest BCUT2D eigenvalue weighted by Crippen LogP contribution is 2.51. The summed E-state index contributed by atoms with van der Waals surface area (Å²) < 4.78 is 5.38. The summed E-state index contributed by atoms with van der Waals surface area (Å²) in [5, 5.41) is 2.91. The topological polar surface area (TPSA) is 81.4 Å². The summed E-state index contributed by atoms with van der Waals surface area (Å²) in [6, 6.07) is 14.1. The van der Waals surface area contributed by atoms with Crippen LogP contribution in [0, 0.1) is 0 Å². The van der Waals surface area contributed by atoms with Gasteiger partial charge in [0.2, 0.25) is 11.8 Å². The van der Waals surface area contributed by atoms with E-state index in [1.54, 1.807) is 31.4 Å². The molecule has 1 saturated carbocycles. The number of ether oxygens (including phenoxy) is 1. The van der Waals surface area contributed by atoms with Crippen LogP contribution in [0.15, 0.2) is 48.5 Å². The molecule has 3 N–H and O–H groups in total. The Morgan fingerprint density at radius 3 is 2.30 bits per heavy atom. The molecular formula is C18H18N2O3. The molecule has 3 rings (SSSR count). The maximum absolute atomic E-state index is 12.7. The maximum atomic E-state index is 12.7. The van der Waals surface area contributed by atoms with E-state index in [0.29, 0.717) is 11.3 Å². The van der Waals surface area contributed by atoms with Crippen LogP contribution in [-0.4, -0.2) is 18.9 Å². The van der Waals surface area contributed by atoms with Crippen molar-refractivity contribution in [1.29, 1.82) is 0 Å². The van der Waals surface area contributed by atoms with Gasteiger partial charge in [-0.1, -0.05) is 18.2 Å². The molecule has 0 aliphatic heterocycles. The number of rotatable bonds is 5. The second-order valence-electron chi connectivity index (χ2n) is 5.68. The van der Waals surface area contributed by atoms with Crippen molar-refractivity contribution in [3.05, 3.63) is 59.7 Å². The Bertz CT molecular complexity index is 749. The van der Waals surface area contributed by atoms with E-state index in [9.17, 15) is 9.59 Å². The highest BCUT2D eigenvalue weighted by molar-refractivity contribution is 6.02. The van der Waals surface area contributed by atoms with Crippen molar-refractivity contribution in [3.8, 4) is 5.75 Å². The lowest BCUT2D eigenvalue weighted by Gasteiger charge is -2.18. The first-order chi connectivity index (χ1) is 11.1. The van der Waals surface area contributed by atoms with Gasteiger partial charge in [-0.05, 0) is 43.2 Å². The zero-order valence-corrected chi connectivity index (χ0v) is 12.8. The maximum Gasteiger partial charge on any atom is 0.248 e. The fraction of sp³-hybridized carbons (Fsp3) is 0.222. The number of hydrogen-bond donors (Lipinski definition) is 2. The number of nitrogens with two attached hydrogens (primary N) is 1. The smallest absolute Gasteiger partial charge is 0.248 e. The standard InChI is InChI=1S/C18H18N2O3/c1-23-15-5-3-2-4-14(15)18(10-11-18)17(22)20-13-8-6-12(7-9-13)16(19)21/h2-9H,10-11H2,1H3,(H2,19,21)(H,20,22). The molecule has 5 heteroatoms. The Balaban J connectivity index is 1.81. The lowest BCUT2D eigenvalue weighted by molar-refractivity contribution is -0.118. The largest absolute Gasteiger partial charge is 0.496 e. The van der Waals surface area contributed by atoms with Gasteiger partial charge in [-0.25, -0.2) is 0 Å². The third kappa shape index (κ3) is 2.77. The minimum Gasteiger partial charge on any atom is -0.496 e. The molecular weight excluding hydrogens is 292 g/mol. The molecule has 0 bridgehead atoms. The minimum absolute atomic E-state index is 0.0613. The van der Waals surface area contributed by atoms with Crippen molar-refractivity contribution in [3.63, 3.8) is 0 Å². The fourth-order valence-corrected chi connectivity index (χ4v) is 2.75. The normalized spacial score (nSPS) is 14.8. The number of hydrogen-bond acceptors (Lipinski definition) is 3. The van der Waals surface area contributed by atoms with Gasteiger partial charge < -0.3 is 15.8 Å². The van der Waals surface area contributed by atoms with Crippen molar-refractivity contribution in [1.82, 2.24) is 0 Å². The van der Waals surface area contributed by atoms with Crippen molar-refractivity contribution in [2.45, 2.75) is 18.3 Å². The average Bonchev–Trinajstić information content (AvgIpc) is 3.37. The predicted molar refractivity (Wildman–Crippen MR) is 87.5 cm³/mol. The number of benzene rings is 2. The molecule has 0 radical (unpaired) electrons. The van der Waals surface area contributed by atoms with Gasteiger partial charge in [0.15, 0.2) is 0 Å². The molecule has 1 fully saturated rings. The van der Waals surface area contributed by atoms with E-state index in [1.165, 1.54) is 0 Å². The number of carbonyl (C=O) groups is 2. The van der Waals surface area contributed by atoms with Crippen LogP contribution in [0.5, 0.6) is 5.75 Å². The van der Waals surface area contributed by atoms with Crippen molar-refractivity contribution >= 4 is 17.5 Å². The third-order valence-electron chi connectivity index (χ3n) is 4.23. The molecule has 0 unspecified atom stereocenters. The fourth-order valence-electron chi connectivity index (χ4n) is 2.75. The molecule has 23 heavy (non-hydrogen) atoms. The van der Waals surface area contributed by atoms with Gasteiger partial charge in [-0.15, -0.1) is 0 Å². The summed E-state index contributed by atoms with van der Waals surface area (Å²) in [5.41, 5.74) is 6.64. The van der Waals surface area contributed by atoms with Crippen LogP contribution >= 0.6 is 0 Å². The molecule has 0 heterocycles. The first kappa shape index (κ1) is 15.1. The van der Waals surface area contributed by atoms with E-state index in [2.05, 4.69) is 5.32 Å². The second-order valence-corrected chi connectivity index (χ2v) is 5.68. The SMILES string of the molecule is COc1ccccc1C1(C(=O)Nc2ccc(C(N)=O)cc2)CC1. The molecule has 0 spiro atoms. The number of anilines is 1. The zero-order chi connectivity index (χ0) is 16.4. The first-order valence-electron chi connectivity index (χ1n) is 7.42. The monoisotopic (exact) mass is 310 g/mol. The van der Waals surface area contributed by atoms with Crippen LogP contribution in [0.25, 0.3) is 0 Å². The minimum atomic E-state index is -0.533. The van der Waals surface area contributed by atoms with E-state index >= 15 is 0 Å². The van der Waals surface area contributed by atoms with Crippen LogP contribution < -0.4 is 15.8 Å². The molecule has 5 nitrogen and oxygen atoms in total. The summed E-state index contributed by atoms with van der Waals surface area (Å²) in [6.45, 7) is 0. The molecule has 1 aliphatic rings. The Morgan fingerprint density at radius 1 is 1.09 bits per heavy atom. The number of para-hydroxylation sites is 1. The summed E-state index contributed by atoms with van der Waals surface area (Å²) in [5.74, 6) is 0.175. The summed E-state index contributed by atoms with van der Waals surface area (Å²) in [4.78, 5) is 23.8. The number of nitrogens with one attached hydrogen (secondary N) is 1. The quantitative estimate of drug-likeness (QED) is 0.890. The van der Waals surface area contributed by atoms with Crippen molar-refractivity contribution in [2.75, 3.05) is 12.4 Å². The van der Waals surface area contributed by atoms with E-state index in [1.807, 2.05) is 24.3 Å². The number of amides is 2. The van der Waals surface area contributed by atoms with E-state index in [-0.39, 0.29) is 5.91 Å². The molecule has 1 aliphatic carbocycles. The lowest BCUT2D eigenvalue weighted by atomic mass is 9.94. The number of primary amides is 1. The van der Waals surface area contributed by atoms with Crippen LogP contribution in [0.3, 0.4) is 0 Å². The second kappa shape index (κ2) is 5.76. The summed E-state index contributed by atoms with van der Waals surface area (Å²) >= 11 is 0. The van der Waals surface area contributed by atoms with Crippen LogP contribution in [-0.2, 0) is 10.2 Å². The number of carbonyl (C=O) groups excluding carboxylic acids is 2. The molecule has 118 valence electrons. The highest BCUT2D eigenvalue weighted by atomic mass is 16.5. The molecule has 2 aromatic carbocycles. The Labute approximate surface area is 134 Å². The van der Waals surface area contributed by atoms with Crippen molar-refractivity contribution < 1.29 is 14.3 Å². The molecule has 2 amide bonds. The van der Waals surface area contributed by atoms with Crippen LogP contribution in [0.4, 0.5) is 5.69 Å². The van der Waals surface area contributed by atoms with Gasteiger partial charge in [-0.3, -0.25) is 9.59 Å². The Hall–Kier alpha value is -2.82. The average molecular weight is 310 g/mol. The molecule has 2 aromatic rings. The van der Waals surface area contributed by atoms with Gasteiger partial charge in [0.25, 0.3) is 0 Å². The highest BCUT2D eigenvalue weighted by Gasteiger charge is 2.52. The predicted octanol–water partition coefficient (Wildman–Crippen LogP) is 2.46. The summed E-state index contributed by atoms with van der Waals surface area (Å²) in [6.07, 6.45) is 1.58. The van der Waals surface area contributed by atoms with Gasteiger partial charge in [0.1, 0.15) is 5.75 Å². The summed E-state index contributed by atoms with van der Waals surface area (Å²) in [7, 11) is 1.61. The third-order valence-corrected chi connectivity index (χ3v) is 4.23. The lowest BCUT2D eigenvalue weighted by Crippen LogP contribution is -2.28. The van der Waals surface area contributed by atoms with Gasteiger partial charge in [-0.2, -0.15) is 0 Å². The number of methoxy groups -OCH3 is 1. The zero-order valence-electron chi connectivity index (χ0n) is 12.8. The van der Waals surface area contributed by atoms with Gasteiger partial charge >= 0.3 is 0 Å². The van der Waals surface area contributed by atoms with Crippen LogP contribution in [0.2, 0.25) is 0 Å². The Morgan fingerprint density at radius 2 is 1.74 bits per heavy atom. The first-order valence-corrected chi connectivity index (χ1v) is 7.42. The van der Waals surface area contributed by atoms with E-state index < -0.39 is 11.3 Å². The molecule has 0 saturated heterocycles. The van der Waals surface area contributed by atoms with Crippen LogP contribution in [0.1, 0.15) is 28.8 Å². The van der Waals surface area contributed by atoms with Crippen molar-refractivity contribution in [2.24, 2.45) is 5.73 Å². The Kier molecular flexibility index (Phi) is 3.78.